The first-order valence-corrected chi connectivity index (χ1v) is 6.22. The molecule has 0 fully saturated rings. The van der Waals surface area contributed by atoms with E-state index in [1.54, 1.807) is 26.8 Å². The number of allylic oxidation sites excluding steroid dienone is 1. The predicted octanol–water partition coefficient (Wildman–Crippen LogP) is 3.42. The van der Waals surface area contributed by atoms with Crippen molar-refractivity contribution in [2.24, 2.45) is 0 Å². The Bertz CT molecular complexity index is 295. The van der Waals surface area contributed by atoms with Crippen molar-refractivity contribution in [3.63, 3.8) is 0 Å². The second-order valence-corrected chi connectivity index (χ2v) is 5.17. The molecule has 0 N–H and O–H groups in total. The maximum absolute atomic E-state index is 11.8. The van der Waals surface area contributed by atoms with E-state index in [2.05, 4.69) is 6.92 Å². The molecule has 0 atom stereocenters. The Morgan fingerprint density at radius 1 is 1.18 bits per heavy atom. The molecule has 0 aromatic carbocycles. The van der Waals surface area contributed by atoms with E-state index in [1.807, 2.05) is 0 Å². The van der Waals surface area contributed by atoms with Gasteiger partial charge in [0.1, 0.15) is 5.60 Å². The first-order chi connectivity index (χ1) is 7.78. The van der Waals surface area contributed by atoms with E-state index in [1.165, 1.54) is 6.92 Å². The number of ketones is 1. The van der Waals surface area contributed by atoms with Crippen molar-refractivity contribution < 1.29 is 14.3 Å². The quantitative estimate of drug-likeness (QED) is 0.235. The van der Waals surface area contributed by atoms with Gasteiger partial charge in [-0.05, 0) is 40.5 Å². The Balaban J connectivity index is 4.52. The summed E-state index contributed by atoms with van der Waals surface area (Å²) in [6, 6.07) is 0. The summed E-state index contributed by atoms with van der Waals surface area (Å²) in [6.07, 6.45) is 5.68. The van der Waals surface area contributed by atoms with Gasteiger partial charge in [0.25, 0.3) is 0 Å². The Morgan fingerprint density at radius 3 is 2.18 bits per heavy atom. The Kier molecular flexibility index (Phi) is 6.78. The second-order valence-electron chi connectivity index (χ2n) is 5.17. The molecule has 17 heavy (non-hydrogen) atoms. The van der Waals surface area contributed by atoms with Crippen molar-refractivity contribution in [1.29, 1.82) is 0 Å². The lowest BCUT2D eigenvalue weighted by Gasteiger charge is -2.19. The van der Waals surface area contributed by atoms with Crippen molar-refractivity contribution in [3.05, 3.63) is 11.6 Å². The molecule has 0 saturated carbocycles. The van der Waals surface area contributed by atoms with Crippen LogP contribution in [0, 0.1) is 0 Å². The molecule has 0 saturated heterocycles. The Morgan fingerprint density at radius 2 is 1.76 bits per heavy atom. The van der Waals surface area contributed by atoms with Gasteiger partial charge in [-0.15, -0.1) is 0 Å². The van der Waals surface area contributed by atoms with Crippen LogP contribution in [-0.4, -0.2) is 17.4 Å². The number of Topliss-reactive ketones (excluding diaryl/α,β-unsaturated/α-hetero) is 1. The zero-order valence-electron chi connectivity index (χ0n) is 11.6. The molecule has 0 radical (unpaired) electrons. The molecule has 98 valence electrons. The molecule has 3 heteroatoms. The minimum atomic E-state index is -0.560. The van der Waals surface area contributed by atoms with Gasteiger partial charge in [-0.3, -0.25) is 4.79 Å². The molecular weight excluding hydrogens is 216 g/mol. The van der Waals surface area contributed by atoms with Gasteiger partial charge in [0.15, 0.2) is 5.78 Å². The highest BCUT2D eigenvalue weighted by Gasteiger charge is 2.22. The van der Waals surface area contributed by atoms with Crippen molar-refractivity contribution in [2.75, 3.05) is 0 Å². The Labute approximate surface area is 104 Å². The zero-order chi connectivity index (χ0) is 13.5. The third-order valence-corrected chi connectivity index (χ3v) is 2.15. The molecule has 3 nitrogen and oxygen atoms in total. The predicted molar refractivity (Wildman–Crippen MR) is 68.8 cm³/mol. The number of hydrogen-bond donors (Lipinski definition) is 0. The summed E-state index contributed by atoms with van der Waals surface area (Å²) in [6.45, 7) is 8.89. The van der Waals surface area contributed by atoms with E-state index in [0.29, 0.717) is 0 Å². The minimum Gasteiger partial charge on any atom is -0.456 e. The smallest absolute Gasteiger partial charge is 0.341 e. The molecule has 0 aromatic rings. The van der Waals surface area contributed by atoms with E-state index < -0.39 is 11.6 Å². The fraction of sp³-hybridized carbons (Fsp3) is 0.714. The minimum absolute atomic E-state index is 0.177. The molecule has 0 spiro atoms. The van der Waals surface area contributed by atoms with Crippen LogP contribution < -0.4 is 0 Å². The lowest BCUT2D eigenvalue weighted by Crippen LogP contribution is -2.26. The zero-order valence-corrected chi connectivity index (χ0v) is 11.6. The first-order valence-electron chi connectivity index (χ1n) is 6.22. The third-order valence-electron chi connectivity index (χ3n) is 2.15. The lowest BCUT2D eigenvalue weighted by molar-refractivity contribution is -0.150. The molecule has 0 bridgehead atoms. The van der Waals surface area contributed by atoms with Gasteiger partial charge in [-0.2, -0.15) is 0 Å². The topological polar surface area (TPSA) is 43.4 Å². The summed E-state index contributed by atoms with van der Waals surface area (Å²) < 4.78 is 5.19. The average Bonchev–Trinajstić information content (AvgIpc) is 2.14. The van der Waals surface area contributed by atoms with E-state index in [-0.39, 0.29) is 11.4 Å². The van der Waals surface area contributed by atoms with E-state index in [9.17, 15) is 9.59 Å². The first kappa shape index (κ1) is 15.9. The lowest BCUT2D eigenvalue weighted by atomic mass is 10.1. The van der Waals surface area contributed by atoms with Crippen LogP contribution in [0.2, 0.25) is 0 Å². The van der Waals surface area contributed by atoms with Gasteiger partial charge in [0.05, 0.1) is 5.57 Å². The third kappa shape index (κ3) is 7.72. The van der Waals surface area contributed by atoms with Crippen LogP contribution in [0.5, 0.6) is 0 Å². The highest BCUT2D eigenvalue weighted by Crippen LogP contribution is 2.13. The maximum Gasteiger partial charge on any atom is 0.341 e. The summed E-state index contributed by atoms with van der Waals surface area (Å²) in [7, 11) is 0. The number of ether oxygens (including phenoxy) is 1. The van der Waals surface area contributed by atoms with Gasteiger partial charge in [-0.1, -0.05) is 25.8 Å². The maximum atomic E-state index is 11.8. The molecule has 0 aliphatic carbocycles. The van der Waals surface area contributed by atoms with E-state index in [4.69, 9.17) is 4.74 Å². The van der Waals surface area contributed by atoms with E-state index >= 15 is 0 Å². The van der Waals surface area contributed by atoms with Crippen LogP contribution in [-0.2, 0) is 14.3 Å². The summed E-state index contributed by atoms with van der Waals surface area (Å²) in [4.78, 5) is 23.1. The number of unbranched alkanes of at least 4 members (excludes halogenated alkanes) is 3. The van der Waals surface area contributed by atoms with Gasteiger partial charge in [-0.25, -0.2) is 4.79 Å². The second kappa shape index (κ2) is 7.25. The van der Waals surface area contributed by atoms with Gasteiger partial charge < -0.3 is 4.74 Å². The largest absolute Gasteiger partial charge is 0.456 e. The highest BCUT2D eigenvalue weighted by molar-refractivity contribution is 6.16. The Hall–Kier alpha value is -1.12. The summed E-state index contributed by atoms with van der Waals surface area (Å²) >= 11 is 0. The van der Waals surface area contributed by atoms with Gasteiger partial charge >= 0.3 is 5.97 Å². The number of carbonyl (C=O) groups is 2. The molecule has 0 amide bonds. The summed E-state index contributed by atoms with van der Waals surface area (Å²) in [5.74, 6) is -0.739. The van der Waals surface area contributed by atoms with Crippen LogP contribution >= 0.6 is 0 Å². The molecule has 0 rings (SSSR count). The number of carbonyl (C=O) groups excluding carboxylic acids is 2. The van der Waals surface area contributed by atoms with E-state index in [0.717, 1.165) is 25.7 Å². The fourth-order valence-electron chi connectivity index (χ4n) is 1.34. The number of esters is 1. The van der Waals surface area contributed by atoms with Crippen molar-refractivity contribution in [1.82, 2.24) is 0 Å². The van der Waals surface area contributed by atoms with Gasteiger partial charge in [0, 0.05) is 0 Å². The monoisotopic (exact) mass is 240 g/mol. The van der Waals surface area contributed by atoms with Crippen LogP contribution in [0.1, 0.15) is 60.3 Å². The van der Waals surface area contributed by atoms with Crippen molar-refractivity contribution in [2.45, 2.75) is 65.9 Å². The van der Waals surface area contributed by atoms with Crippen molar-refractivity contribution in [3.8, 4) is 0 Å². The fourth-order valence-corrected chi connectivity index (χ4v) is 1.34. The van der Waals surface area contributed by atoms with Gasteiger partial charge in [0.2, 0.25) is 0 Å². The highest BCUT2D eigenvalue weighted by atomic mass is 16.6. The molecule has 0 aliphatic heterocycles. The molecular formula is C14H24O3. The van der Waals surface area contributed by atoms with Crippen molar-refractivity contribution >= 4 is 11.8 Å². The molecule has 0 aromatic heterocycles. The molecule has 0 unspecified atom stereocenters. The summed E-state index contributed by atoms with van der Waals surface area (Å²) in [5.41, 5.74) is -0.384. The number of hydrogen-bond acceptors (Lipinski definition) is 3. The summed E-state index contributed by atoms with van der Waals surface area (Å²) in [5, 5.41) is 0. The van der Waals surface area contributed by atoms with Crippen LogP contribution in [0.25, 0.3) is 0 Å². The molecule has 0 heterocycles. The van der Waals surface area contributed by atoms with Crippen LogP contribution in [0.15, 0.2) is 11.6 Å². The van der Waals surface area contributed by atoms with Crippen LogP contribution in [0.3, 0.4) is 0 Å². The number of rotatable bonds is 6. The van der Waals surface area contributed by atoms with Crippen LogP contribution in [0.4, 0.5) is 0 Å². The molecule has 0 aliphatic rings. The SMILES string of the molecule is CCCCC/C=C(/C(C)=O)C(=O)OC(C)(C)C. The standard InChI is InChI=1S/C14H24O3/c1-6-7-8-9-10-12(11(2)15)13(16)17-14(3,4)5/h10H,6-9H2,1-5H3/b12-10-. The normalized spacial score (nSPS) is 12.4. The average molecular weight is 240 g/mol.